The van der Waals surface area contributed by atoms with Crippen molar-refractivity contribution in [2.45, 2.75) is 20.5 Å². The van der Waals surface area contributed by atoms with E-state index in [1.807, 2.05) is 38.1 Å². The Labute approximate surface area is 234 Å². The number of ether oxygens (including phenoxy) is 2. The molecule has 4 amide bonds. The number of urea groups is 1. The second kappa shape index (κ2) is 11.1. The molecule has 196 valence electrons. The van der Waals surface area contributed by atoms with E-state index in [1.54, 1.807) is 36.4 Å². The maximum Gasteiger partial charge on any atom is 0.335 e. The second-order valence-corrected chi connectivity index (χ2v) is 9.84. The van der Waals surface area contributed by atoms with Crippen LogP contribution in [0.1, 0.15) is 23.6 Å². The van der Waals surface area contributed by atoms with Gasteiger partial charge in [-0.05, 0) is 82.0 Å². The number of halogens is 1. The molecule has 1 N–H and O–H groups in total. The average molecular weight is 585 g/mol. The monoisotopic (exact) mass is 584 g/mol. The molecule has 4 aromatic carbocycles. The first-order valence-corrected chi connectivity index (χ1v) is 13.2. The van der Waals surface area contributed by atoms with E-state index in [9.17, 15) is 14.4 Å². The molecule has 0 radical (unpaired) electrons. The molecule has 0 unspecified atom stereocenters. The third kappa shape index (κ3) is 5.42. The number of aryl methyl sites for hydroxylation is 1. The fourth-order valence-electron chi connectivity index (χ4n) is 4.40. The molecule has 0 aromatic heterocycles. The van der Waals surface area contributed by atoms with Crippen LogP contribution < -0.4 is 19.7 Å². The molecule has 1 aliphatic rings. The maximum absolute atomic E-state index is 13.3. The largest absolute Gasteiger partial charge is 0.490 e. The van der Waals surface area contributed by atoms with Crippen molar-refractivity contribution < 1.29 is 23.9 Å². The Hall–Kier alpha value is -4.43. The first-order valence-electron chi connectivity index (χ1n) is 12.4. The fraction of sp³-hybridized carbons (Fsp3) is 0.129. The molecule has 0 bridgehead atoms. The number of rotatable bonds is 7. The Morgan fingerprint density at radius 2 is 1.67 bits per heavy atom. The van der Waals surface area contributed by atoms with E-state index < -0.39 is 17.8 Å². The predicted molar refractivity (Wildman–Crippen MR) is 154 cm³/mol. The smallest absolute Gasteiger partial charge is 0.335 e. The van der Waals surface area contributed by atoms with Gasteiger partial charge in [-0.25, -0.2) is 9.69 Å². The van der Waals surface area contributed by atoms with Crippen molar-refractivity contribution in [2.75, 3.05) is 11.5 Å². The van der Waals surface area contributed by atoms with Crippen LogP contribution in [0.4, 0.5) is 10.5 Å². The third-order valence-electron chi connectivity index (χ3n) is 6.29. The number of hydrogen-bond donors (Lipinski definition) is 1. The van der Waals surface area contributed by atoms with Gasteiger partial charge in [0.25, 0.3) is 11.8 Å². The summed E-state index contributed by atoms with van der Waals surface area (Å²) in [7, 11) is 0. The molecule has 5 rings (SSSR count). The number of hydrogen-bond acceptors (Lipinski definition) is 5. The van der Waals surface area contributed by atoms with Crippen LogP contribution >= 0.6 is 15.9 Å². The van der Waals surface area contributed by atoms with E-state index in [1.165, 1.54) is 6.08 Å². The fourth-order valence-corrected chi connectivity index (χ4v) is 4.97. The highest BCUT2D eigenvalue weighted by Crippen LogP contribution is 2.38. The summed E-state index contributed by atoms with van der Waals surface area (Å²) in [4.78, 5) is 39.4. The van der Waals surface area contributed by atoms with Gasteiger partial charge in [0.15, 0.2) is 11.5 Å². The minimum atomic E-state index is -0.792. The standard InChI is InChI=1S/C31H25BrN2O5/c1-3-38-27-17-20(15-25-29(35)33-31(37)34(30(25)36)23-13-11-19(2)12-14-23)16-26(32)28(27)39-18-22-9-6-8-21-7-4-5-10-24(21)22/h4-17H,3,18H2,1-2H3,(H,33,35,37)/b25-15+. The zero-order valence-electron chi connectivity index (χ0n) is 21.4. The van der Waals surface area contributed by atoms with Crippen molar-refractivity contribution in [1.82, 2.24) is 5.32 Å². The van der Waals surface area contributed by atoms with E-state index in [4.69, 9.17) is 9.47 Å². The first-order chi connectivity index (χ1) is 18.9. The van der Waals surface area contributed by atoms with Gasteiger partial charge >= 0.3 is 6.03 Å². The van der Waals surface area contributed by atoms with Crippen LogP contribution in [0, 0.1) is 6.92 Å². The zero-order chi connectivity index (χ0) is 27.5. The van der Waals surface area contributed by atoms with Crippen LogP contribution in [0.25, 0.3) is 16.8 Å². The number of carbonyl (C=O) groups excluding carboxylic acids is 3. The van der Waals surface area contributed by atoms with Gasteiger partial charge in [0, 0.05) is 0 Å². The first kappa shape index (κ1) is 26.2. The lowest BCUT2D eigenvalue weighted by Crippen LogP contribution is -2.54. The Kier molecular flexibility index (Phi) is 7.47. The molecular formula is C31H25BrN2O5. The number of imide groups is 2. The molecule has 1 saturated heterocycles. The maximum atomic E-state index is 13.3. The lowest BCUT2D eigenvalue weighted by atomic mass is 10.1. The number of carbonyl (C=O) groups is 3. The molecule has 1 aliphatic heterocycles. The van der Waals surface area contributed by atoms with Gasteiger partial charge in [-0.15, -0.1) is 0 Å². The van der Waals surface area contributed by atoms with Gasteiger partial charge in [-0.1, -0.05) is 60.2 Å². The topological polar surface area (TPSA) is 84.9 Å². The van der Waals surface area contributed by atoms with Crippen LogP contribution in [0.15, 0.2) is 88.9 Å². The molecule has 1 heterocycles. The summed E-state index contributed by atoms with van der Waals surface area (Å²) in [5, 5.41) is 4.48. The van der Waals surface area contributed by atoms with Gasteiger partial charge in [0.2, 0.25) is 0 Å². The molecule has 8 heteroatoms. The van der Waals surface area contributed by atoms with Crippen molar-refractivity contribution in [1.29, 1.82) is 0 Å². The SMILES string of the molecule is CCOc1cc(/C=C2\C(=O)NC(=O)N(c3ccc(C)cc3)C2=O)cc(Br)c1OCc1cccc2ccccc12. The van der Waals surface area contributed by atoms with Gasteiger partial charge in [-0.2, -0.15) is 0 Å². The molecular weight excluding hydrogens is 560 g/mol. The van der Waals surface area contributed by atoms with Crippen molar-refractivity contribution in [3.05, 3.63) is 106 Å². The molecule has 1 fully saturated rings. The van der Waals surface area contributed by atoms with Gasteiger partial charge in [-0.3, -0.25) is 14.9 Å². The summed E-state index contributed by atoms with van der Waals surface area (Å²) in [6.07, 6.45) is 1.44. The molecule has 39 heavy (non-hydrogen) atoms. The Balaban J connectivity index is 1.46. The zero-order valence-corrected chi connectivity index (χ0v) is 22.9. The molecule has 7 nitrogen and oxygen atoms in total. The normalized spacial score (nSPS) is 14.6. The number of fused-ring (bicyclic) bond motifs is 1. The summed E-state index contributed by atoms with van der Waals surface area (Å²) >= 11 is 3.57. The molecule has 0 atom stereocenters. The van der Waals surface area contributed by atoms with Gasteiger partial charge in [0.05, 0.1) is 16.8 Å². The lowest BCUT2D eigenvalue weighted by molar-refractivity contribution is -0.122. The molecule has 4 aromatic rings. The van der Waals surface area contributed by atoms with Crippen molar-refractivity contribution in [3.63, 3.8) is 0 Å². The van der Waals surface area contributed by atoms with E-state index in [0.717, 1.165) is 26.8 Å². The summed E-state index contributed by atoms with van der Waals surface area (Å²) in [6.45, 7) is 4.46. The van der Waals surface area contributed by atoms with Crippen molar-refractivity contribution in [2.24, 2.45) is 0 Å². The van der Waals surface area contributed by atoms with Crippen LogP contribution in [0.2, 0.25) is 0 Å². The number of nitrogens with zero attached hydrogens (tertiary/aromatic N) is 1. The number of amides is 4. The second-order valence-electron chi connectivity index (χ2n) is 8.98. The van der Waals surface area contributed by atoms with Crippen molar-refractivity contribution >= 4 is 56.3 Å². The predicted octanol–water partition coefficient (Wildman–Crippen LogP) is 6.55. The van der Waals surface area contributed by atoms with E-state index in [0.29, 0.717) is 40.4 Å². The lowest BCUT2D eigenvalue weighted by Gasteiger charge is -2.26. The Morgan fingerprint density at radius 3 is 2.44 bits per heavy atom. The highest BCUT2D eigenvalue weighted by molar-refractivity contribution is 9.10. The number of barbiturate groups is 1. The summed E-state index contributed by atoms with van der Waals surface area (Å²) in [5.41, 5.74) is 2.73. The highest BCUT2D eigenvalue weighted by Gasteiger charge is 2.36. The molecule has 0 spiro atoms. The van der Waals surface area contributed by atoms with Crippen LogP contribution in [-0.4, -0.2) is 24.5 Å². The third-order valence-corrected chi connectivity index (χ3v) is 6.88. The quantitative estimate of drug-likeness (QED) is 0.196. The minimum Gasteiger partial charge on any atom is -0.490 e. The van der Waals surface area contributed by atoms with Crippen LogP contribution in [-0.2, 0) is 16.2 Å². The average Bonchev–Trinajstić information content (AvgIpc) is 2.92. The van der Waals surface area contributed by atoms with E-state index in [-0.39, 0.29) is 5.57 Å². The summed E-state index contributed by atoms with van der Waals surface area (Å²) in [6, 6.07) is 23.7. The van der Waals surface area contributed by atoms with Crippen LogP contribution in [0.3, 0.4) is 0 Å². The molecule has 0 saturated carbocycles. The van der Waals surface area contributed by atoms with Gasteiger partial charge < -0.3 is 9.47 Å². The minimum absolute atomic E-state index is 0.172. The van der Waals surface area contributed by atoms with Gasteiger partial charge in [0.1, 0.15) is 12.2 Å². The Bertz CT molecular complexity index is 1620. The van der Waals surface area contributed by atoms with Crippen molar-refractivity contribution in [3.8, 4) is 11.5 Å². The summed E-state index contributed by atoms with van der Waals surface area (Å²) in [5.74, 6) is -0.520. The van der Waals surface area contributed by atoms with E-state index in [2.05, 4.69) is 39.4 Å². The number of anilines is 1. The number of nitrogens with one attached hydrogen (secondary N) is 1. The molecule has 0 aliphatic carbocycles. The Morgan fingerprint density at radius 1 is 0.923 bits per heavy atom. The number of benzene rings is 4. The van der Waals surface area contributed by atoms with E-state index >= 15 is 0 Å². The highest BCUT2D eigenvalue weighted by atomic mass is 79.9. The van der Waals surface area contributed by atoms with Crippen LogP contribution in [0.5, 0.6) is 11.5 Å². The summed E-state index contributed by atoms with van der Waals surface area (Å²) < 4.78 is 12.7.